The number of allylic oxidation sites excluding steroid dienone is 1. The molecule has 0 radical (unpaired) electrons. The molecule has 2 N–H and O–H groups in total. The first-order valence-corrected chi connectivity index (χ1v) is 6.14. The third-order valence-corrected chi connectivity index (χ3v) is 3.15. The smallest absolute Gasteiger partial charge is 0.257 e. The van der Waals surface area contributed by atoms with Crippen molar-refractivity contribution in [3.8, 4) is 0 Å². The van der Waals surface area contributed by atoms with Gasteiger partial charge in [0.1, 0.15) is 17.2 Å². The molecule has 2 rings (SSSR count). The van der Waals surface area contributed by atoms with Crippen LogP contribution >= 0.6 is 0 Å². The molecule has 0 fully saturated rings. The normalized spacial score (nSPS) is 22.3. The maximum atomic E-state index is 13.4. The highest BCUT2D eigenvalue weighted by atomic mass is 19.1. The molecule has 0 spiro atoms. The van der Waals surface area contributed by atoms with Crippen molar-refractivity contribution >= 4 is 5.91 Å². The van der Waals surface area contributed by atoms with Crippen LogP contribution in [0.5, 0.6) is 0 Å². The summed E-state index contributed by atoms with van der Waals surface area (Å²) in [5, 5.41) is 12.5. The summed E-state index contributed by atoms with van der Waals surface area (Å²) < 4.78 is 26.8. The van der Waals surface area contributed by atoms with Crippen molar-refractivity contribution < 1.29 is 18.7 Å². The summed E-state index contributed by atoms with van der Waals surface area (Å²) >= 11 is 0. The molecule has 19 heavy (non-hydrogen) atoms. The Labute approximate surface area is 109 Å². The molecule has 0 heterocycles. The molecule has 1 amide bonds. The zero-order chi connectivity index (χ0) is 13.9. The maximum Gasteiger partial charge on any atom is 0.257 e. The quantitative estimate of drug-likeness (QED) is 0.825. The lowest BCUT2D eigenvalue weighted by Gasteiger charge is -2.27. The molecule has 3 nitrogen and oxygen atoms in total. The van der Waals surface area contributed by atoms with E-state index in [-0.39, 0.29) is 6.54 Å². The third kappa shape index (κ3) is 3.17. The molecule has 1 aromatic rings. The fourth-order valence-electron chi connectivity index (χ4n) is 2.10. The van der Waals surface area contributed by atoms with Crippen molar-refractivity contribution in [2.45, 2.75) is 24.9 Å². The number of nitrogens with one attached hydrogen (secondary N) is 1. The van der Waals surface area contributed by atoms with E-state index in [1.807, 2.05) is 6.08 Å². The van der Waals surface area contributed by atoms with E-state index in [9.17, 15) is 18.7 Å². The van der Waals surface area contributed by atoms with E-state index in [1.165, 1.54) is 6.07 Å². The summed E-state index contributed by atoms with van der Waals surface area (Å²) in [5.74, 6) is -2.68. The van der Waals surface area contributed by atoms with Crippen LogP contribution in [0.3, 0.4) is 0 Å². The van der Waals surface area contributed by atoms with Crippen LogP contribution in [-0.2, 0) is 0 Å². The summed E-state index contributed by atoms with van der Waals surface area (Å²) in [5.41, 5.74) is -1.75. The first kappa shape index (κ1) is 13.7. The number of hydrogen-bond donors (Lipinski definition) is 2. The molecule has 102 valence electrons. The topological polar surface area (TPSA) is 49.3 Å². The van der Waals surface area contributed by atoms with E-state index < -0.39 is 28.7 Å². The monoisotopic (exact) mass is 267 g/mol. The molecule has 0 aromatic heterocycles. The Kier molecular flexibility index (Phi) is 3.95. The van der Waals surface area contributed by atoms with E-state index in [4.69, 9.17) is 0 Å². The molecule has 1 atom stereocenters. The highest BCUT2D eigenvalue weighted by Crippen LogP contribution is 2.21. The summed E-state index contributed by atoms with van der Waals surface area (Å²) in [7, 11) is 0. The van der Waals surface area contributed by atoms with Crippen molar-refractivity contribution in [3.63, 3.8) is 0 Å². The predicted octanol–water partition coefficient (Wildman–Crippen LogP) is 2.17. The number of hydrogen-bond acceptors (Lipinski definition) is 2. The van der Waals surface area contributed by atoms with Crippen molar-refractivity contribution in [2.24, 2.45) is 0 Å². The van der Waals surface area contributed by atoms with Crippen LogP contribution in [0.25, 0.3) is 0 Å². The van der Waals surface area contributed by atoms with Gasteiger partial charge >= 0.3 is 0 Å². The predicted molar refractivity (Wildman–Crippen MR) is 66.6 cm³/mol. The van der Waals surface area contributed by atoms with Crippen molar-refractivity contribution in [2.75, 3.05) is 6.54 Å². The van der Waals surface area contributed by atoms with Crippen LogP contribution in [0, 0.1) is 11.6 Å². The Hall–Kier alpha value is -1.75. The highest BCUT2D eigenvalue weighted by molar-refractivity contribution is 5.94. The molecule has 1 aromatic carbocycles. The van der Waals surface area contributed by atoms with Gasteiger partial charge in [-0.1, -0.05) is 18.2 Å². The van der Waals surface area contributed by atoms with Crippen LogP contribution < -0.4 is 5.32 Å². The lowest BCUT2D eigenvalue weighted by Crippen LogP contribution is -2.42. The molecule has 0 saturated carbocycles. The number of carbonyl (C=O) groups excluding carboxylic acids is 1. The summed E-state index contributed by atoms with van der Waals surface area (Å²) in [4.78, 5) is 11.7. The largest absolute Gasteiger partial charge is 0.384 e. The summed E-state index contributed by atoms with van der Waals surface area (Å²) in [6.45, 7) is -0.0594. The molecule has 1 aliphatic carbocycles. The molecule has 0 aliphatic heterocycles. The van der Waals surface area contributed by atoms with Crippen LogP contribution in [0.2, 0.25) is 0 Å². The van der Waals surface area contributed by atoms with Gasteiger partial charge in [-0.2, -0.15) is 0 Å². The standard InChI is InChI=1S/C14H15F2NO2/c15-10-5-4-6-11(16)12(10)13(18)17-9-14(19)7-2-1-3-8-14/h2,4-7,19H,1,3,8-9H2,(H,17,18). The van der Waals surface area contributed by atoms with E-state index in [2.05, 4.69) is 5.32 Å². The number of aliphatic hydroxyl groups is 1. The number of rotatable bonds is 3. The van der Waals surface area contributed by atoms with Gasteiger partial charge < -0.3 is 10.4 Å². The second kappa shape index (κ2) is 5.48. The Bertz CT molecular complexity index is 496. The Morgan fingerprint density at radius 2 is 2.05 bits per heavy atom. The zero-order valence-corrected chi connectivity index (χ0v) is 10.3. The summed E-state index contributed by atoms with van der Waals surface area (Å²) in [6, 6.07) is 3.24. The number of amides is 1. The van der Waals surface area contributed by atoms with E-state index in [1.54, 1.807) is 6.08 Å². The molecular weight excluding hydrogens is 252 g/mol. The number of carbonyl (C=O) groups is 1. The minimum atomic E-state index is -1.13. The molecular formula is C14H15F2NO2. The van der Waals surface area contributed by atoms with Gasteiger partial charge in [-0.3, -0.25) is 4.79 Å². The molecule has 0 saturated heterocycles. The zero-order valence-electron chi connectivity index (χ0n) is 10.3. The average molecular weight is 267 g/mol. The minimum absolute atomic E-state index is 0.0594. The fraction of sp³-hybridized carbons (Fsp3) is 0.357. The van der Waals surface area contributed by atoms with Gasteiger partial charge in [0.15, 0.2) is 0 Å². The Morgan fingerprint density at radius 3 is 2.63 bits per heavy atom. The van der Waals surface area contributed by atoms with Gasteiger partial charge in [-0.25, -0.2) is 8.78 Å². The second-order valence-electron chi connectivity index (χ2n) is 4.68. The fourth-order valence-corrected chi connectivity index (χ4v) is 2.10. The molecule has 5 heteroatoms. The lowest BCUT2D eigenvalue weighted by molar-refractivity contribution is 0.0656. The van der Waals surface area contributed by atoms with Gasteiger partial charge in [0.25, 0.3) is 5.91 Å². The van der Waals surface area contributed by atoms with Crippen molar-refractivity contribution in [1.29, 1.82) is 0 Å². The number of halogens is 2. The second-order valence-corrected chi connectivity index (χ2v) is 4.68. The van der Waals surface area contributed by atoms with Crippen molar-refractivity contribution in [3.05, 3.63) is 47.5 Å². The first-order valence-electron chi connectivity index (χ1n) is 6.14. The molecule has 1 unspecified atom stereocenters. The maximum absolute atomic E-state index is 13.4. The van der Waals surface area contributed by atoms with Gasteiger partial charge in [-0.15, -0.1) is 0 Å². The van der Waals surface area contributed by atoms with E-state index in [0.717, 1.165) is 25.0 Å². The highest BCUT2D eigenvalue weighted by Gasteiger charge is 2.27. The van der Waals surface area contributed by atoms with E-state index >= 15 is 0 Å². The van der Waals surface area contributed by atoms with Crippen LogP contribution in [-0.4, -0.2) is 23.2 Å². The minimum Gasteiger partial charge on any atom is -0.384 e. The molecule has 0 bridgehead atoms. The Balaban J connectivity index is 2.06. The molecule has 1 aliphatic rings. The SMILES string of the molecule is O=C(NCC1(O)C=CCCC1)c1c(F)cccc1F. The average Bonchev–Trinajstić information content (AvgIpc) is 2.37. The van der Waals surface area contributed by atoms with Crippen LogP contribution in [0.4, 0.5) is 8.78 Å². The Morgan fingerprint density at radius 1 is 1.37 bits per heavy atom. The first-order chi connectivity index (χ1) is 9.02. The van der Waals surface area contributed by atoms with Gasteiger partial charge in [0, 0.05) is 0 Å². The lowest BCUT2D eigenvalue weighted by atomic mass is 9.91. The van der Waals surface area contributed by atoms with Gasteiger partial charge in [0.05, 0.1) is 12.1 Å². The van der Waals surface area contributed by atoms with E-state index in [0.29, 0.717) is 6.42 Å². The van der Waals surface area contributed by atoms with Gasteiger partial charge in [-0.05, 0) is 31.4 Å². The van der Waals surface area contributed by atoms with Crippen LogP contribution in [0.15, 0.2) is 30.4 Å². The van der Waals surface area contributed by atoms with Gasteiger partial charge in [0.2, 0.25) is 0 Å². The summed E-state index contributed by atoms with van der Waals surface area (Å²) in [6.07, 6.45) is 5.67. The van der Waals surface area contributed by atoms with Crippen molar-refractivity contribution in [1.82, 2.24) is 5.32 Å². The number of benzene rings is 1. The third-order valence-electron chi connectivity index (χ3n) is 3.15. The van der Waals surface area contributed by atoms with Crippen LogP contribution in [0.1, 0.15) is 29.6 Å².